The van der Waals surface area contributed by atoms with Crippen LogP contribution in [0.4, 0.5) is 15.8 Å². The van der Waals surface area contributed by atoms with E-state index >= 15 is 0 Å². The van der Waals surface area contributed by atoms with Crippen molar-refractivity contribution in [1.82, 2.24) is 4.98 Å². The fourth-order valence-electron chi connectivity index (χ4n) is 5.96. The fraction of sp³-hybridized carbons (Fsp3) is 0.250. The van der Waals surface area contributed by atoms with Gasteiger partial charge in [-0.05, 0) is 93.6 Å². The summed E-state index contributed by atoms with van der Waals surface area (Å²) in [6, 6.07) is 14.3. The molecular formula is C40H34Cl2FN3O10. The summed E-state index contributed by atoms with van der Waals surface area (Å²) >= 11 is 11.7. The van der Waals surface area contributed by atoms with E-state index in [4.69, 9.17) is 54.0 Å². The molecule has 7 rings (SSSR count). The van der Waals surface area contributed by atoms with E-state index in [2.05, 4.69) is 10.9 Å². The van der Waals surface area contributed by atoms with E-state index < -0.39 is 42.3 Å². The van der Waals surface area contributed by atoms with Gasteiger partial charge in [0.05, 0.1) is 22.9 Å². The smallest absolute Gasteiger partial charge is 0.344 e. The number of terminal acetylenes is 1. The molecule has 1 aliphatic carbocycles. The van der Waals surface area contributed by atoms with Crippen molar-refractivity contribution in [3.8, 4) is 29.6 Å². The zero-order valence-electron chi connectivity index (χ0n) is 30.0. The van der Waals surface area contributed by atoms with Gasteiger partial charge in [0, 0.05) is 33.8 Å². The highest BCUT2D eigenvalue weighted by Gasteiger charge is 2.41. The molecular weight excluding hydrogens is 772 g/mol. The predicted octanol–water partition coefficient (Wildman–Crippen LogP) is 6.78. The third-order valence-corrected chi connectivity index (χ3v) is 9.24. The number of carbonyl (C=O) groups is 5. The lowest BCUT2D eigenvalue weighted by Crippen LogP contribution is -2.39. The maximum atomic E-state index is 14.7. The zero-order valence-corrected chi connectivity index (χ0v) is 31.5. The molecule has 0 saturated heterocycles. The molecule has 16 heteroatoms. The highest BCUT2D eigenvalue weighted by molar-refractivity contribution is 6.35. The number of hydrogen-bond acceptors (Lipinski definition) is 9. The third kappa shape index (κ3) is 9.19. The normalized spacial score (nSPS) is 15.0. The highest BCUT2D eigenvalue weighted by atomic mass is 35.5. The van der Waals surface area contributed by atoms with Gasteiger partial charge in [-0.25, -0.2) is 18.9 Å². The molecule has 2 N–H and O–H groups in total. The number of rotatable bonds is 8. The predicted molar refractivity (Wildman–Crippen MR) is 205 cm³/mol. The van der Waals surface area contributed by atoms with Gasteiger partial charge in [0.15, 0.2) is 25.1 Å². The number of carboxylic acid groups (broad SMARTS) is 2. The van der Waals surface area contributed by atoms with Crippen LogP contribution < -0.4 is 24.0 Å². The average Bonchev–Trinajstić information content (AvgIpc) is 3.42. The number of aliphatic carboxylic acids is 2. The molecule has 1 unspecified atom stereocenters. The molecule has 3 amide bonds. The van der Waals surface area contributed by atoms with Gasteiger partial charge in [-0.2, -0.15) is 0 Å². The summed E-state index contributed by atoms with van der Waals surface area (Å²) in [6.45, 7) is 2.64. The number of amides is 3. The van der Waals surface area contributed by atoms with Gasteiger partial charge < -0.3 is 24.4 Å². The molecule has 1 atom stereocenters. The van der Waals surface area contributed by atoms with Gasteiger partial charge in [0.2, 0.25) is 0 Å². The number of hydrogen-bond donors (Lipinski definition) is 2. The Morgan fingerprint density at radius 3 is 2.30 bits per heavy atom. The van der Waals surface area contributed by atoms with Crippen LogP contribution in [0.15, 0.2) is 71.9 Å². The molecule has 0 saturated carbocycles. The SMILES string of the molecule is C#CCN1C(=O)COc2cc(F)c(N3C(=O)C4=C(CCCC4)C3=O)cc21.Cc1cc(Cl)ccc1OC(C)C(=O)O.O=C(O)COc1ccc(Cl)c2cccnc12. The van der Waals surface area contributed by atoms with Crippen molar-refractivity contribution in [1.29, 1.82) is 0 Å². The van der Waals surface area contributed by atoms with Crippen molar-refractivity contribution in [2.24, 2.45) is 0 Å². The van der Waals surface area contributed by atoms with E-state index in [0.717, 1.165) is 34.8 Å². The van der Waals surface area contributed by atoms with E-state index in [1.54, 1.807) is 48.7 Å². The fourth-order valence-corrected chi connectivity index (χ4v) is 6.40. The molecule has 4 aromatic rings. The number of carbonyl (C=O) groups excluding carboxylic acids is 3. The molecule has 0 bridgehead atoms. The number of pyridine rings is 1. The molecule has 3 aromatic carbocycles. The Bertz CT molecular complexity index is 2280. The van der Waals surface area contributed by atoms with Crippen LogP contribution in [0.1, 0.15) is 38.2 Å². The second-order valence-electron chi connectivity index (χ2n) is 12.5. The first-order valence-electron chi connectivity index (χ1n) is 17.1. The standard InChI is InChI=1S/C19H15FN2O4.C11H8ClNO3.C10H11ClO3/c1-2-7-21-15-9-14(13(20)8-16(15)26-10-17(21)23)22-18(24)11-5-3-4-6-12(11)19(22)25;12-8-3-4-9(16-6-10(14)15)11-7(8)2-1-5-13-11;1-6-5-8(11)3-4-9(6)14-7(2)10(12)13/h1,8-9H,3-7,10H2;1-5H,6H2,(H,14,15);3-5,7H,1-2H3,(H,12,13). The van der Waals surface area contributed by atoms with Crippen LogP contribution in [0.2, 0.25) is 10.0 Å². The van der Waals surface area contributed by atoms with E-state index in [9.17, 15) is 28.4 Å². The van der Waals surface area contributed by atoms with Gasteiger partial charge in [0.1, 0.15) is 22.8 Å². The minimum atomic E-state index is -1.03. The van der Waals surface area contributed by atoms with Crippen molar-refractivity contribution in [2.75, 3.05) is 29.6 Å². The van der Waals surface area contributed by atoms with Gasteiger partial charge in [0.25, 0.3) is 17.7 Å². The van der Waals surface area contributed by atoms with E-state index in [-0.39, 0.29) is 36.2 Å². The van der Waals surface area contributed by atoms with Crippen LogP contribution in [0.25, 0.3) is 10.9 Å². The van der Waals surface area contributed by atoms with Crippen molar-refractivity contribution < 1.29 is 52.8 Å². The summed E-state index contributed by atoms with van der Waals surface area (Å²) in [5.41, 5.74) is 2.38. The first-order valence-corrected chi connectivity index (χ1v) is 17.8. The first kappa shape index (κ1) is 41.0. The summed E-state index contributed by atoms with van der Waals surface area (Å²) in [5, 5.41) is 19.1. The lowest BCUT2D eigenvalue weighted by Gasteiger charge is -2.29. The van der Waals surface area contributed by atoms with Crippen LogP contribution in [0.5, 0.6) is 17.2 Å². The number of carboxylic acids is 2. The molecule has 2 aliphatic heterocycles. The van der Waals surface area contributed by atoms with E-state index in [1.807, 2.05) is 6.92 Å². The van der Waals surface area contributed by atoms with Crippen molar-refractivity contribution in [2.45, 2.75) is 45.6 Å². The van der Waals surface area contributed by atoms with Gasteiger partial charge in [-0.15, -0.1) is 6.42 Å². The molecule has 3 heterocycles. The van der Waals surface area contributed by atoms with Crippen molar-refractivity contribution in [3.05, 3.63) is 93.4 Å². The lowest BCUT2D eigenvalue weighted by atomic mass is 9.93. The largest absolute Gasteiger partial charge is 0.481 e. The van der Waals surface area contributed by atoms with Crippen molar-refractivity contribution in [3.63, 3.8) is 0 Å². The molecule has 1 aromatic heterocycles. The molecule has 13 nitrogen and oxygen atoms in total. The van der Waals surface area contributed by atoms with E-state index in [1.165, 1.54) is 17.9 Å². The van der Waals surface area contributed by atoms with E-state index in [0.29, 0.717) is 51.0 Å². The number of fused-ring (bicyclic) bond motifs is 2. The Morgan fingerprint density at radius 1 is 1.00 bits per heavy atom. The molecule has 0 fully saturated rings. The van der Waals surface area contributed by atoms with Crippen LogP contribution in [-0.2, 0) is 24.0 Å². The molecule has 3 aliphatic rings. The Labute approximate surface area is 330 Å². The average molecular weight is 807 g/mol. The maximum absolute atomic E-state index is 14.7. The second-order valence-corrected chi connectivity index (χ2v) is 13.3. The summed E-state index contributed by atoms with van der Waals surface area (Å²) in [7, 11) is 0. The molecule has 290 valence electrons. The minimum Gasteiger partial charge on any atom is -0.481 e. The van der Waals surface area contributed by atoms with Crippen LogP contribution in [0, 0.1) is 25.1 Å². The number of benzene rings is 3. The van der Waals surface area contributed by atoms with Gasteiger partial charge >= 0.3 is 11.9 Å². The number of anilines is 2. The Balaban J connectivity index is 0.000000172. The molecule has 56 heavy (non-hydrogen) atoms. The quantitative estimate of drug-likeness (QED) is 0.142. The molecule has 0 spiro atoms. The number of ether oxygens (including phenoxy) is 3. The topological polar surface area (TPSA) is 173 Å². The summed E-state index contributed by atoms with van der Waals surface area (Å²) in [5.74, 6) is -0.645. The first-order chi connectivity index (χ1) is 26.7. The Kier molecular flexibility index (Phi) is 13.2. The number of aryl methyl sites for hydroxylation is 1. The monoisotopic (exact) mass is 805 g/mol. The van der Waals surface area contributed by atoms with Gasteiger partial charge in [-0.1, -0.05) is 29.1 Å². The number of nitrogens with zero attached hydrogens (tertiary/aromatic N) is 3. The lowest BCUT2D eigenvalue weighted by molar-refractivity contribution is -0.144. The highest BCUT2D eigenvalue weighted by Crippen LogP contribution is 2.42. The molecule has 0 radical (unpaired) electrons. The van der Waals surface area contributed by atoms with Crippen LogP contribution in [-0.4, -0.2) is 70.7 Å². The zero-order chi connectivity index (χ0) is 40.7. The van der Waals surface area contributed by atoms with Gasteiger partial charge in [-0.3, -0.25) is 24.3 Å². The minimum absolute atomic E-state index is 0.0170. The van der Waals surface area contributed by atoms with Crippen LogP contribution >= 0.6 is 23.2 Å². The van der Waals surface area contributed by atoms with Crippen molar-refractivity contribution >= 4 is 75.1 Å². The Hall–Kier alpha value is -6.17. The maximum Gasteiger partial charge on any atom is 0.344 e. The number of imide groups is 1. The summed E-state index contributed by atoms with van der Waals surface area (Å²) < 4.78 is 30.3. The number of aromatic nitrogens is 1. The second kappa shape index (κ2) is 18.0. The summed E-state index contributed by atoms with van der Waals surface area (Å²) in [4.78, 5) is 64.6. The summed E-state index contributed by atoms with van der Waals surface area (Å²) in [6.07, 6.45) is 8.76. The number of halogens is 3. The van der Waals surface area contributed by atoms with Crippen LogP contribution in [0.3, 0.4) is 0 Å². The Morgan fingerprint density at radius 2 is 1.68 bits per heavy atom. The third-order valence-electron chi connectivity index (χ3n) is 8.67.